The number of benzene rings is 1. The molecule has 0 radical (unpaired) electrons. The lowest BCUT2D eigenvalue weighted by Crippen LogP contribution is -2.36. The number of aromatic nitrogens is 1. The first-order valence-electron chi connectivity index (χ1n) is 8.06. The third-order valence-corrected chi connectivity index (χ3v) is 4.74. The molecule has 122 valence electrons. The zero-order valence-corrected chi connectivity index (χ0v) is 13.3. The van der Waals surface area contributed by atoms with Crippen LogP contribution in [0.4, 0.5) is 0 Å². The first-order valence-corrected chi connectivity index (χ1v) is 8.06. The summed E-state index contributed by atoms with van der Waals surface area (Å²) in [5.74, 6) is 0.160. The molecule has 2 aromatic rings. The highest BCUT2D eigenvalue weighted by atomic mass is 16.3. The molecule has 1 fully saturated rings. The summed E-state index contributed by atoms with van der Waals surface area (Å²) in [6.07, 6.45) is 4.20. The summed E-state index contributed by atoms with van der Waals surface area (Å²) in [5.41, 5.74) is 0.731. The van der Waals surface area contributed by atoms with Gasteiger partial charge >= 0.3 is 0 Å². The molecule has 0 aliphatic heterocycles. The van der Waals surface area contributed by atoms with Crippen molar-refractivity contribution in [3.8, 4) is 0 Å². The molecule has 1 aliphatic carbocycles. The van der Waals surface area contributed by atoms with E-state index in [2.05, 4.69) is 0 Å². The van der Waals surface area contributed by atoms with Crippen molar-refractivity contribution in [2.75, 3.05) is 13.6 Å². The van der Waals surface area contributed by atoms with Crippen molar-refractivity contribution >= 4 is 16.8 Å². The number of hydrogen-bond donors (Lipinski definition) is 1. The average Bonchev–Trinajstić information content (AvgIpc) is 2.95. The fourth-order valence-electron chi connectivity index (χ4n) is 3.35. The van der Waals surface area contributed by atoms with E-state index in [0.717, 1.165) is 24.8 Å². The molecule has 5 heteroatoms. The van der Waals surface area contributed by atoms with Gasteiger partial charge in [-0.2, -0.15) is 0 Å². The first kappa shape index (κ1) is 15.7. The second-order valence-electron chi connectivity index (χ2n) is 6.36. The molecule has 0 spiro atoms. The summed E-state index contributed by atoms with van der Waals surface area (Å²) < 4.78 is 1.81. The lowest BCUT2D eigenvalue weighted by molar-refractivity contribution is -0.131. The SMILES string of the molecule is CN(CC1CCCC1O)C(=O)Cn1ccc(=O)c2ccccc21. The minimum absolute atomic E-state index is 0.0158. The molecule has 1 saturated carbocycles. The smallest absolute Gasteiger partial charge is 0.242 e. The number of rotatable bonds is 4. The second-order valence-corrected chi connectivity index (χ2v) is 6.36. The number of hydrogen-bond acceptors (Lipinski definition) is 3. The van der Waals surface area contributed by atoms with Crippen molar-refractivity contribution in [3.63, 3.8) is 0 Å². The van der Waals surface area contributed by atoms with Crippen LogP contribution in [-0.4, -0.2) is 40.2 Å². The van der Waals surface area contributed by atoms with Crippen molar-refractivity contribution < 1.29 is 9.90 Å². The van der Waals surface area contributed by atoms with Crippen molar-refractivity contribution in [1.82, 2.24) is 9.47 Å². The second kappa shape index (κ2) is 6.54. The molecule has 5 nitrogen and oxygen atoms in total. The minimum atomic E-state index is -0.293. The van der Waals surface area contributed by atoms with Gasteiger partial charge in [0, 0.05) is 37.2 Å². The van der Waals surface area contributed by atoms with Crippen LogP contribution in [0.3, 0.4) is 0 Å². The summed E-state index contributed by atoms with van der Waals surface area (Å²) in [6, 6.07) is 8.81. The molecule has 2 unspecified atom stereocenters. The van der Waals surface area contributed by atoms with E-state index in [1.807, 2.05) is 18.2 Å². The van der Waals surface area contributed by atoms with Gasteiger partial charge in [0.25, 0.3) is 0 Å². The van der Waals surface area contributed by atoms with Gasteiger partial charge < -0.3 is 14.6 Å². The van der Waals surface area contributed by atoms with Gasteiger partial charge in [0.1, 0.15) is 6.54 Å². The molecule has 23 heavy (non-hydrogen) atoms. The van der Waals surface area contributed by atoms with Gasteiger partial charge in [0.2, 0.25) is 5.91 Å². The summed E-state index contributed by atoms with van der Waals surface area (Å²) in [7, 11) is 1.78. The highest BCUT2D eigenvalue weighted by molar-refractivity contribution is 5.82. The highest BCUT2D eigenvalue weighted by Crippen LogP contribution is 2.26. The minimum Gasteiger partial charge on any atom is -0.393 e. The number of fused-ring (bicyclic) bond motifs is 1. The van der Waals surface area contributed by atoms with Crippen molar-refractivity contribution in [2.24, 2.45) is 5.92 Å². The molecule has 1 heterocycles. The Morgan fingerprint density at radius 3 is 2.83 bits per heavy atom. The monoisotopic (exact) mass is 314 g/mol. The van der Waals surface area contributed by atoms with Crippen LogP contribution in [0, 0.1) is 5.92 Å². The lowest BCUT2D eigenvalue weighted by Gasteiger charge is -2.24. The van der Waals surface area contributed by atoms with Crippen molar-refractivity contribution in [3.05, 3.63) is 46.8 Å². The number of aliphatic hydroxyl groups is 1. The summed E-state index contributed by atoms with van der Waals surface area (Å²) >= 11 is 0. The molecule has 1 aromatic heterocycles. The van der Waals surface area contributed by atoms with Crippen LogP contribution in [0.15, 0.2) is 41.3 Å². The number of nitrogens with zero attached hydrogens (tertiary/aromatic N) is 2. The van der Waals surface area contributed by atoms with Crippen LogP contribution in [0.1, 0.15) is 19.3 Å². The Labute approximate surface area is 135 Å². The number of likely N-dealkylation sites (N-methyl/N-ethyl adjacent to an activating group) is 1. The number of pyridine rings is 1. The van der Waals surface area contributed by atoms with Crippen molar-refractivity contribution in [1.29, 1.82) is 0 Å². The predicted molar refractivity (Wildman–Crippen MR) is 89.2 cm³/mol. The van der Waals surface area contributed by atoms with Crippen LogP contribution >= 0.6 is 0 Å². The van der Waals surface area contributed by atoms with Crippen LogP contribution in [0.25, 0.3) is 10.9 Å². The van der Waals surface area contributed by atoms with Gasteiger partial charge in [0.05, 0.1) is 11.6 Å². The van der Waals surface area contributed by atoms with E-state index in [0.29, 0.717) is 11.9 Å². The molecule has 1 aliphatic rings. The quantitative estimate of drug-likeness (QED) is 0.933. The third-order valence-electron chi connectivity index (χ3n) is 4.74. The van der Waals surface area contributed by atoms with Crippen LogP contribution < -0.4 is 5.43 Å². The number of carbonyl (C=O) groups excluding carboxylic acids is 1. The molecule has 1 amide bonds. The van der Waals surface area contributed by atoms with E-state index < -0.39 is 0 Å². The molecule has 0 saturated heterocycles. The number of para-hydroxylation sites is 1. The van der Waals surface area contributed by atoms with Gasteiger partial charge in [-0.15, -0.1) is 0 Å². The van der Waals surface area contributed by atoms with Crippen LogP contribution in [-0.2, 0) is 11.3 Å². The molecule has 0 bridgehead atoms. The van der Waals surface area contributed by atoms with Gasteiger partial charge in [-0.1, -0.05) is 18.6 Å². The standard InChI is InChI=1S/C18H22N2O3/c1-19(11-13-5-4-8-16(13)21)18(23)12-20-10-9-17(22)14-6-2-3-7-15(14)20/h2-3,6-7,9-10,13,16,21H,4-5,8,11-12H2,1H3. The lowest BCUT2D eigenvalue weighted by atomic mass is 10.1. The fourth-order valence-corrected chi connectivity index (χ4v) is 3.35. The van der Waals surface area contributed by atoms with E-state index >= 15 is 0 Å². The fraction of sp³-hybridized carbons (Fsp3) is 0.444. The number of amides is 1. The van der Waals surface area contributed by atoms with E-state index in [-0.39, 0.29) is 29.9 Å². The van der Waals surface area contributed by atoms with E-state index in [9.17, 15) is 14.7 Å². The van der Waals surface area contributed by atoms with Gasteiger partial charge in [0.15, 0.2) is 5.43 Å². The third kappa shape index (κ3) is 3.29. The van der Waals surface area contributed by atoms with Crippen molar-refractivity contribution in [2.45, 2.75) is 31.9 Å². The van der Waals surface area contributed by atoms with Crippen LogP contribution in [0.5, 0.6) is 0 Å². The molecular formula is C18H22N2O3. The maximum atomic E-state index is 12.5. The van der Waals surface area contributed by atoms with Crippen LogP contribution in [0.2, 0.25) is 0 Å². The molecule has 2 atom stereocenters. The van der Waals surface area contributed by atoms with E-state index in [4.69, 9.17) is 0 Å². The topological polar surface area (TPSA) is 62.5 Å². The first-order chi connectivity index (χ1) is 11.1. The zero-order chi connectivity index (χ0) is 16.4. The molecule has 3 rings (SSSR count). The predicted octanol–water partition coefficient (Wildman–Crippen LogP) is 1.62. The summed E-state index contributed by atoms with van der Waals surface area (Å²) in [6.45, 7) is 0.776. The molecular weight excluding hydrogens is 292 g/mol. The Balaban J connectivity index is 1.75. The Bertz CT molecular complexity index is 768. The Hall–Kier alpha value is -2.14. The maximum Gasteiger partial charge on any atom is 0.242 e. The normalized spacial score (nSPS) is 20.8. The van der Waals surface area contributed by atoms with Gasteiger partial charge in [-0.05, 0) is 25.0 Å². The Kier molecular flexibility index (Phi) is 4.48. The van der Waals surface area contributed by atoms with E-state index in [1.165, 1.54) is 6.07 Å². The highest BCUT2D eigenvalue weighted by Gasteiger charge is 2.27. The Morgan fingerprint density at radius 1 is 1.30 bits per heavy atom. The largest absolute Gasteiger partial charge is 0.393 e. The molecule has 1 aromatic carbocycles. The van der Waals surface area contributed by atoms with Gasteiger partial charge in [-0.3, -0.25) is 9.59 Å². The average molecular weight is 314 g/mol. The zero-order valence-electron chi connectivity index (χ0n) is 13.3. The van der Waals surface area contributed by atoms with E-state index in [1.54, 1.807) is 28.8 Å². The maximum absolute atomic E-state index is 12.5. The number of aliphatic hydroxyl groups excluding tert-OH is 1. The Morgan fingerprint density at radius 2 is 2.09 bits per heavy atom. The molecule has 1 N–H and O–H groups in total. The summed E-state index contributed by atoms with van der Waals surface area (Å²) in [4.78, 5) is 26.0. The summed E-state index contributed by atoms with van der Waals surface area (Å²) in [5, 5.41) is 10.5. The number of carbonyl (C=O) groups is 1. The van der Waals surface area contributed by atoms with Gasteiger partial charge in [-0.25, -0.2) is 0 Å².